The molecule has 1 aromatic heterocycles. The van der Waals surface area contributed by atoms with Gasteiger partial charge >= 0.3 is 5.97 Å². The van der Waals surface area contributed by atoms with Crippen molar-refractivity contribution in [2.75, 3.05) is 31.1 Å². The van der Waals surface area contributed by atoms with Gasteiger partial charge in [-0.15, -0.1) is 0 Å². The molecule has 5 nitrogen and oxygen atoms in total. The van der Waals surface area contributed by atoms with E-state index in [1.807, 2.05) is 18.2 Å². The summed E-state index contributed by atoms with van der Waals surface area (Å²) in [6, 6.07) is 8.95. The summed E-state index contributed by atoms with van der Waals surface area (Å²) >= 11 is 0. The molecule has 5 heteroatoms. The molecule has 0 atom stereocenters. The topological polar surface area (TPSA) is 65.5 Å². The minimum atomic E-state index is -0.915. The van der Waals surface area contributed by atoms with Crippen molar-refractivity contribution in [1.29, 1.82) is 0 Å². The second-order valence-corrected chi connectivity index (χ2v) is 4.58. The standard InChI is InChI=1S/C14H15N3O2/c18-14(19)11-2-1-3-12-10(11)4-5-13(16-12)17-8-6-15-7-9-17/h1-5,15H,6-9H2,(H,18,19). The second kappa shape index (κ2) is 4.85. The summed E-state index contributed by atoms with van der Waals surface area (Å²) in [5.41, 5.74) is 1.03. The Morgan fingerprint density at radius 3 is 2.74 bits per heavy atom. The van der Waals surface area contributed by atoms with E-state index in [-0.39, 0.29) is 0 Å². The Balaban J connectivity index is 2.04. The number of nitrogens with zero attached hydrogens (tertiary/aromatic N) is 2. The number of nitrogens with one attached hydrogen (secondary N) is 1. The van der Waals surface area contributed by atoms with Gasteiger partial charge in [0.15, 0.2) is 0 Å². The van der Waals surface area contributed by atoms with E-state index in [1.165, 1.54) is 0 Å². The molecule has 0 bridgehead atoms. The van der Waals surface area contributed by atoms with Crippen LogP contribution in [0.2, 0.25) is 0 Å². The molecular weight excluding hydrogens is 242 g/mol. The molecule has 0 saturated carbocycles. The number of aromatic carboxylic acids is 1. The van der Waals surface area contributed by atoms with E-state index < -0.39 is 5.97 Å². The van der Waals surface area contributed by atoms with E-state index in [2.05, 4.69) is 15.2 Å². The minimum absolute atomic E-state index is 0.303. The van der Waals surface area contributed by atoms with Gasteiger partial charge in [-0.05, 0) is 24.3 Å². The summed E-state index contributed by atoms with van der Waals surface area (Å²) in [5, 5.41) is 13.1. The third kappa shape index (κ3) is 2.24. The number of piperazine rings is 1. The average molecular weight is 257 g/mol. The third-order valence-corrected chi connectivity index (χ3v) is 3.39. The van der Waals surface area contributed by atoms with Gasteiger partial charge in [0.1, 0.15) is 5.82 Å². The molecule has 1 aliphatic heterocycles. The Morgan fingerprint density at radius 1 is 1.21 bits per heavy atom. The number of benzene rings is 1. The average Bonchev–Trinajstić information content (AvgIpc) is 2.47. The molecule has 3 rings (SSSR count). The van der Waals surface area contributed by atoms with Gasteiger partial charge in [0.2, 0.25) is 0 Å². The minimum Gasteiger partial charge on any atom is -0.478 e. The van der Waals surface area contributed by atoms with Crippen molar-refractivity contribution in [3.05, 3.63) is 35.9 Å². The number of carbonyl (C=O) groups is 1. The van der Waals surface area contributed by atoms with E-state index in [9.17, 15) is 4.79 Å². The first-order chi connectivity index (χ1) is 9.25. The highest BCUT2D eigenvalue weighted by Crippen LogP contribution is 2.21. The molecular formula is C14H15N3O2. The lowest BCUT2D eigenvalue weighted by molar-refractivity contribution is 0.0699. The molecule has 2 N–H and O–H groups in total. The molecule has 0 unspecified atom stereocenters. The van der Waals surface area contributed by atoms with E-state index in [1.54, 1.807) is 12.1 Å². The monoisotopic (exact) mass is 257 g/mol. The SMILES string of the molecule is O=C(O)c1cccc2nc(N3CCNCC3)ccc12. The Bertz CT molecular complexity index is 621. The fourth-order valence-electron chi connectivity index (χ4n) is 2.40. The number of aromatic nitrogens is 1. The van der Waals surface area contributed by atoms with Crippen LogP contribution in [0.1, 0.15) is 10.4 Å². The number of hydrogen-bond donors (Lipinski definition) is 2. The van der Waals surface area contributed by atoms with Crippen LogP contribution in [0.15, 0.2) is 30.3 Å². The lowest BCUT2D eigenvalue weighted by Gasteiger charge is -2.28. The quantitative estimate of drug-likeness (QED) is 0.850. The number of carboxylic acids is 1. The predicted octanol–water partition coefficient (Wildman–Crippen LogP) is 1.34. The van der Waals surface area contributed by atoms with Crippen LogP contribution in [0.4, 0.5) is 5.82 Å². The molecule has 1 saturated heterocycles. The van der Waals surface area contributed by atoms with Crippen molar-refractivity contribution in [3.8, 4) is 0 Å². The molecule has 0 amide bonds. The van der Waals surface area contributed by atoms with Crippen LogP contribution in [0.3, 0.4) is 0 Å². The zero-order chi connectivity index (χ0) is 13.2. The van der Waals surface area contributed by atoms with Crippen LogP contribution in [-0.2, 0) is 0 Å². The van der Waals surface area contributed by atoms with Crippen LogP contribution in [-0.4, -0.2) is 42.2 Å². The summed E-state index contributed by atoms with van der Waals surface area (Å²) in [6.45, 7) is 3.76. The van der Waals surface area contributed by atoms with Crippen molar-refractivity contribution in [2.24, 2.45) is 0 Å². The van der Waals surface area contributed by atoms with Crippen LogP contribution in [0.5, 0.6) is 0 Å². The number of hydrogen-bond acceptors (Lipinski definition) is 4. The number of anilines is 1. The molecule has 1 fully saturated rings. The Hall–Kier alpha value is -2.14. The van der Waals surface area contributed by atoms with Crippen LogP contribution >= 0.6 is 0 Å². The predicted molar refractivity (Wildman–Crippen MR) is 73.8 cm³/mol. The smallest absolute Gasteiger partial charge is 0.336 e. The molecule has 1 aromatic carbocycles. The van der Waals surface area contributed by atoms with Gasteiger partial charge < -0.3 is 15.3 Å². The number of carboxylic acid groups (broad SMARTS) is 1. The number of pyridine rings is 1. The Kier molecular flexibility index (Phi) is 3.05. The van der Waals surface area contributed by atoms with Gasteiger partial charge in [-0.3, -0.25) is 0 Å². The van der Waals surface area contributed by atoms with Gasteiger partial charge in [0.05, 0.1) is 11.1 Å². The fraction of sp³-hybridized carbons (Fsp3) is 0.286. The first-order valence-corrected chi connectivity index (χ1v) is 6.34. The summed E-state index contributed by atoms with van der Waals surface area (Å²) in [5.74, 6) is -0.00105. The van der Waals surface area contributed by atoms with Crippen molar-refractivity contribution in [2.45, 2.75) is 0 Å². The molecule has 0 spiro atoms. The fourth-order valence-corrected chi connectivity index (χ4v) is 2.40. The van der Waals surface area contributed by atoms with E-state index in [4.69, 9.17) is 5.11 Å². The van der Waals surface area contributed by atoms with E-state index in [0.717, 1.165) is 37.5 Å². The molecule has 2 heterocycles. The van der Waals surface area contributed by atoms with Crippen molar-refractivity contribution >= 4 is 22.7 Å². The molecule has 19 heavy (non-hydrogen) atoms. The Morgan fingerprint density at radius 2 is 2.00 bits per heavy atom. The lowest BCUT2D eigenvalue weighted by Crippen LogP contribution is -2.43. The van der Waals surface area contributed by atoms with Crippen molar-refractivity contribution in [3.63, 3.8) is 0 Å². The first kappa shape index (κ1) is 11.9. The summed E-state index contributed by atoms with van der Waals surface area (Å²) in [4.78, 5) is 17.9. The molecule has 1 aliphatic rings. The largest absolute Gasteiger partial charge is 0.478 e. The molecule has 0 aliphatic carbocycles. The first-order valence-electron chi connectivity index (χ1n) is 6.34. The zero-order valence-corrected chi connectivity index (χ0v) is 10.5. The van der Waals surface area contributed by atoms with Crippen molar-refractivity contribution < 1.29 is 9.90 Å². The van der Waals surface area contributed by atoms with Crippen molar-refractivity contribution in [1.82, 2.24) is 10.3 Å². The third-order valence-electron chi connectivity index (χ3n) is 3.39. The summed E-state index contributed by atoms with van der Waals surface area (Å²) in [7, 11) is 0. The summed E-state index contributed by atoms with van der Waals surface area (Å²) < 4.78 is 0. The highest BCUT2D eigenvalue weighted by Gasteiger charge is 2.14. The molecule has 98 valence electrons. The van der Waals surface area contributed by atoms with Crippen LogP contribution < -0.4 is 10.2 Å². The lowest BCUT2D eigenvalue weighted by atomic mass is 10.1. The van der Waals surface area contributed by atoms with Gasteiger partial charge in [0, 0.05) is 31.6 Å². The highest BCUT2D eigenvalue weighted by molar-refractivity contribution is 6.02. The number of rotatable bonds is 2. The maximum atomic E-state index is 11.2. The van der Waals surface area contributed by atoms with Gasteiger partial charge in [-0.25, -0.2) is 9.78 Å². The van der Waals surface area contributed by atoms with Gasteiger partial charge in [0.25, 0.3) is 0 Å². The Labute approximate surface area is 110 Å². The maximum Gasteiger partial charge on any atom is 0.336 e. The van der Waals surface area contributed by atoms with E-state index in [0.29, 0.717) is 10.9 Å². The molecule has 0 radical (unpaired) electrons. The van der Waals surface area contributed by atoms with E-state index >= 15 is 0 Å². The molecule has 2 aromatic rings. The second-order valence-electron chi connectivity index (χ2n) is 4.58. The van der Waals surface area contributed by atoms with Gasteiger partial charge in [-0.1, -0.05) is 6.07 Å². The van der Waals surface area contributed by atoms with Gasteiger partial charge in [-0.2, -0.15) is 0 Å². The van der Waals surface area contributed by atoms with Crippen LogP contribution in [0.25, 0.3) is 10.9 Å². The van der Waals surface area contributed by atoms with Crippen LogP contribution in [0, 0.1) is 0 Å². The highest BCUT2D eigenvalue weighted by atomic mass is 16.4. The normalized spacial score (nSPS) is 15.7. The maximum absolute atomic E-state index is 11.2. The number of fused-ring (bicyclic) bond motifs is 1. The summed E-state index contributed by atoms with van der Waals surface area (Å²) in [6.07, 6.45) is 0. The zero-order valence-electron chi connectivity index (χ0n) is 10.5.